The topological polar surface area (TPSA) is 107 Å². The first-order valence-corrected chi connectivity index (χ1v) is 6.17. The van der Waals surface area contributed by atoms with Crippen molar-refractivity contribution in [3.05, 3.63) is 21.9 Å². The summed E-state index contributed by atoms with van der Waals surface area (Å²) in [7, 11) is 0. The maximum Gasteiger partial charge on any atom is 0.345 e. The molecule has 1 aromatic heterocycles. The van der Waals surface area contributed by atoms with Crippen LogP contribution >= 0.6 is 11.3 Å². The Kier molecular flexibility index (Phi) is 5.26. The number of carboxylic acids is 1. The van der Waals surface area contributed by atoms with Gasteiger partial charge in [0.15, 0.2) is 0 Å². The maximum atomic E-state index is 10.7. The van der Waals surface area contributed by atoms with Gasteiger partial charge in [-0.15, -0.1) is 11.3 Å². The molecule has 1 aromatic rings. The number of carbonyl (C=O) groups excluding carboxylic acids is 1. The minimum atomic E-state index is -1.14. The number of nitrogens with one attached hydrogen (secondary N) is 1. The van der Waals surface area contributed by atoms with Gasteiger partial charge in [0.1, 0.15) is 11.0 Å². The molecule has 0 aromatic carbocycles. The fourth-order valence-corrected chi connectivity index (χ4v) is 2.26. The molecule has 0 aliphatic carbocycles. The zero-order valence-corrected chi connectivity index (χ0v) is 10.6. The normalized spacial score (nSPS) is 13.9. The third-order valence-electron chi connectivity index (χ3n) is 2.31. The second-order valence-corrected chi connectivity index (χ2v) is 4.91. The van der Waals surface area contributed by atoms with Crippen LogP contribution in [0.25, 0.3) is 0 Å². The smallest absolute Gasteiger partial charge is 0.345 e. The van der Waals surface area contributed by atoms with E-state index < -0.39 is 18.2 Å². The summed E-state index contributed by atoms with van der Waals surface area (Å²) in [5, 5.41) is 30.7. The van der Waals surface area contributed by atoms with Crippen LogP contribution in [0, 0.1) is 0 Å². The van der Waals surface area contributed by atoms with Crippen LogP contribution in [-0.2, 0) is 4.79 Å². The highest BCUT2D eigenvalue weighted by Gasteiger charge is 2.21. The molecule has 0 aliphatic rings. The van der Waals surface area contributed by atoms with Crippen molar-refractivity contribution in [2.45, 2.75) is 25.6 Å². The number of aliphatic hydroxyl groups is 2. The Morgan fingerprint density at radius 3 is 2.56 bits per heavy atom. The lowest BCUT2D eigenvalue weighted by molar-refractivity contribution is -0.119. The standard InChI is InChI=1S/C11H15NO5S/c1-6(13)12-5-4-7(14)10(15)8-2-3-9(18-8)11(16)17/h2-3,7,10,14-15H,4-5H2,1H3,(H,12,13)(H,16,17). The van der Waals surface area contributed by atoms with E-state index in [1.165, 1.54) is 19.1 Å². The van der Waals surface area contributed by atoms with E-state index in [1.54, 1.807) is 0 Å². The van der Waals surface area contributed by atoms with Crippen LogP contribution in [0.2, 0.25) is 0 Å². The molecular formula is C11H15NO5S. The van der Waals surface area contributed by atoms with E-state index in [2.05, 4.69) is 5.32 Å². The molecule has 100 valence electrons. The lowest BCUT2D eigenvalue weighted by Gasteiger charge is -2.16. The van der Waals surface area contributed by atoms with Crippen LogP contribution < -0.4 is 5.32 Å². The number of thiophene rings is 1. The lowest BCUT2D eigenvalue weighted by Crippen LogP contribution is -2.27. The van der Waals surface area contributed by atoms with Gasteiger partial charge in [0.05, 0.1) is 6.10 Å². The van der Waals surface area contributed by atoms with Crippen molar-refractivity contribution in [1.82, 2.24) is 5.32 Å². The van der Waals surface area contributed by atoms with E-state index in [4.69, 9.17) is 5.11 Å². The minimum Gasteiger partial charge on any atom is -0.477 e. The minimum absolute atomic E-state index is 0.109. The summed E-state index contributed by atoms with van der Waals surface area (Å²) in [5.41, 5.74) is 0. The Bertz CT molecular complexity index is 431. The Hall–Kier alpha value is -1.44. The van der Waals surface area contributed by atoms with Gasteiger partial charge in [-0.05, 0) is 18.6 Å². The molecule has 0 fully saturated rings. The van der Waals surface area contributed by atoms with Crippen molar-refractivity contribution in [2.75, 3.05) is 6.54 Å². The lowest BCUT2D eigenvalue weighted by atomic mass is 10.1. The molecule has 2 unspecified atom stereocenters. The molecule has 2 atom stereocenters. The number of aromatic carboxylic acids is 1. The van der Waals surface area contributed by atoms with Crippen molar-refractivity contribution < 1.29 is 24.9 Å². The predicted molar refractivity (Wildman–Crippen MR) is 65.5 cm³/mol. The fraction of sp³-hybridized carbons (Fsp3) is 0.455. The zero-order chi connectivity index (χ0) is 13.7. The van der Waals surface area contributed by atoms with Gasteiger partial charge >= 0.3 is 5.97 Å². The molecule has 1 amide bonds. The number of rotatable bonds is 6. The molecule has 0 radical (unpaired) electrons. The Morgan fingerprint density at radius 2 is 2.06 bits per heavy atom. The third-order valence-corrected chi connectivity index (χ3v) is 3.45. The summed E-state index contributed by atoms with van der Waals surface area (Å²) in [4.78, 5) is 21.8. The number of carboxylic acid groups (broad SMARTS) is 1. The monoisotopic (exact) mass is 273 g/mol. The van der Waals surface area contributed by atoms with Crippen LogP contribution in [0.4, 0.5) is 0 Å². The van der Waals surface area contributed by atoms with Crippen LogP contribution in [-0.4, -0.2) is 39.8 Å². The number of hydrogen-bond donors (Lipinski definition) is 4. The van der Waals surface area contributed by atoms with E-state index in [-0.39, 0.29) is 23.7 Å². The number of amides is 1. The van der Waals surface area contributed by atoms with Gasteiger partial charge in [-0.2, -0.15) is 0 Å². The molecule has 7 heteroatoms. The van der Waals surface area contributed by atoms with Gasteiger partial charge in [-0.3, -0.25) is 4.79 Å². The second kappa shape index (κ2) is 6.48. The van der Waals surface area contributed by atoms with Crippen molar-refractivity contribution in [3.63, 3.8) is 0 Å². The summed E-state index contributed by atoms with van der Waals surface area (Å²) in [6, 6.07) is 2.85. The van der Waals surface area contributed by atoms with Gasteiger partial charge in [-0.1, -0.05) is 0 Å². The Morgan fingerprint density at radius 1 is 1.39 bits per heavy atom. The molecule has 4 N–H and O–H groups in total. The molecule has 0 saturated heterocycles. The molecule has 1 rings (SSSR count). The van der Waals surface area contributed by atoms with E-state index >= 15 is 0 Å². The molecule has 0 bridgehead atoms. The average Bonchev–Trinajstić information content (AvgIpc) is 2.76. The number of carbonyl (C=O) groups is 2. The Balaban J connectivity index is 2.53. The first-order chi connectivity index (χ1) is 8.41. The van der Waals surface area contributed by atoms with Crippen molar-refractivity contribution >= 4 is 23.2 Å². The summed E-state index contributed by atoms with van der Waals surface area (Å²) >= 11 is 0.920. The summed E-state index contributed by atoms with van der Waals surface area (Å²) < 4.78 is 0. The highest BCUT2D eigenvalue weighted by Crippen LogP contribution is 2.26. The van der Waals surface area contributed by atoms with E-state index in [0.29, 0.717) is 4.88 Å². The van der Waals surface area contributed by atoms with Gasteiger partial charge in [0, 0.05) is 18.3 Å². The van der Waals surface area contributed by atoms with Crippen molar-refractivity contribution in [1.29, 1.82) is 0 Å². The summed E-state index contributed by atoms with van der Waals surface area (Å²) in [6.45, 7) is 1.62. The Labute approximate surface area is 108 Å². The van der Waals surface area contributed by atoms with Gasteiger partial charge < -0.3 is 20.6 Å². The molecule has 0 spiro atoms. The molecule has 18 heavy (non-hydrogen) atoms. The van der Waals surface area contributed by atoms with Crippen LogP contribution in [0.1, 0.15) is 34.0 Å². The zero-order valence-electron chi connectivity index (χ0n) is 9.79. The highest BCUT2D eigenvalue weighted by molar-refractivity contribution is 7.14. The van der Waals surface area contributed by atoms with E-state index in [1.807, 2.05) is 0 Å². The van der Waals surface area contributed by atoms with Crippen LogP contribution in [0.15, 0.2) is 12.1 Å². The quantitative estimate of drug-likeness (QED) is 0.599. The highest BCUT2D eigenvalue weighted by atomic mass is 32.1. The largest absolute Gasteiger partial charge is 0.477 e. The van der Waals surface area contributed by atoms with E-state index in [9.17, 15) is 19.8 Å². The van der Waals surface area contributed by atoms with Crippen LogP contribution in [0.5, 0.6) is 0 Å². The SMILES string of the molecule is CC(=O)NCCC(O)C(O)c1ccc(C(=O)O)s1. The van der Waals surface area contributed by atoms with Gasteiger partial charge in [0.2, 0.25) is 5.91 Å². The van der Waals surface area contributed by atoms with Crippen molar-refractivity contribution in [2.24, 2.45) is 0 Å². The predicted octanol–water partition coefficient (Wildman–Crippen LogP) is 0.367. The van der Waals surface area contributed by atoms with Crippen molar-refractivity contribution in [3.8, 4) is 0 Å². The van der Waals surface area contributed by atoms with Crippen LogP contribution in [0.3, 0.4) is 0 Å². The maximum absolute atomic E-state index is 10.7. The van der Waals surface area contributed by atoms with Gasteiger partial charge in [0.25, 0.3) is 0 Å². The first kappa shape index (κ1) is 14.6. The number of aliphatic hydroxyl groups excluding tert-OH is 2. The molecular weight excluding hydrogens is 258 g/mol. The first-order valence-electron chi connectivity index (χ1n) is 5.35. The molecule has 0 aliphatic heterocycles. The second-order valence-electron chi connectivity index (χ2n) is 3.79. The van der Waals surface area contributed by atoms with E-state index in [0.717, 1.165) is 11.3 Å². The fourth-order valence-electron chi connectivity index (χ4n) is 1.37. The molecule has 1 heterocycles. The molecule has 0 saturated carbocycles. The summed E-state index contributed by atoms with van der Waals surface area (Å²) in [5.74, 6) is -1.27. The third kappa shape index (κ3) is 4.10. The average molecular weight is 273 g/mol. The summed E-state index contributed by atoms with van der Waals surface area (Å²) in [6.07, 6.45) is -1.99. The number of hydrogen-bond acceptors (Lipinski definition) is 5. The van der Waals surface area contributed by atoms with Gasteiger partial charge in [-0.25, -0.2) is 4.79 Å². The molecule has 6 nitrogen and oxygen atoms in total.